The van der Waals surface area contributed by atoms with Gasteiger partial charge in [0, 0.05) is 12.1 Å². The quantitative estimate of drug-likeness (QED) is 0.791. The number of rotatable bonds is 3. The Hall–Kier alpha value is -1.45. The number of anilines is 1. The molecule has 1 aliphatic rings. The summed E-state index contributed by atoms with van der Waals surface area (Å²) in [5, 5.41) is 12.1. The molecule has 4 heteroatoms. The molecular formula is C13H19NO3. The average Bonchev–Trinajstić information content (AvgIpc) is 2.66. The largest absolute Gasteiger partial charge is 0.475 e. The van der Waals surface area contributed by atoms with Gasteiger partial charge in [0.05, 0.1) is 0 Å². The molecule has 1 fully saturated rings. The van der Waals surface area contributed by atoms with Gasteiger partial charge < -0.3 is 14.8 Å². The predicted octanol–water partition coefficient (Wildman–Crippen LogP) is 3.36. The van der Waals surface area contributed by atoms with E-state index in [0.717, 1.165) is 6.42 Å². The fourth-order valence-corrected chi connectivity index (χ4v) is 2.42. The molecule has 1 heterocycles. The maximum absolute atomic E-state index is 10.7. The van der Waals surface area contributed by atoms with Crippen molar-refractivity contribution in [3.63, 3.8) is 0 Å². The molecule has 0 radical (unpaired) electrons. The second-order valence-electron chi connectivity index (χ2n) is 4.84. The molecule has 1 aromatic heterocycles. The van der Waals surface area contributed by atoms with E-state index in [-0.39, 0.29) is 5.76 Å². The molecule has 2 rings (SSSR count). The summed E-state index contributed by atoms with van der Waals surface area (Å²) < 4.78 is 5.23. The number of hydrogen-bond donors (Lipinski definition) is 2. The Bertz CT molecular complexity index is 386. The van der Waals surface area contributed by atoms with Crippen LogP contribution in [0.2, 0.25) is 0 Å². The molecule has 0 saturated heterocycles. The standard InChI is InChI=1S/C13H19NO3/c1-9-5-3-2-4-6-10(9)14-12-8-7-11(17-12)13(15)16/h7-10,14H,2-6H2,1H3,(H,15,16). The van der Waals surface area contributed by atoms with Gasteiger partial charge in [0.25, 0.3) is 0 Å². The van der Waals surface area contributed by atoms with Gasteiger partial charge in [-0.3, -0.25) is 0 Å². The number of carbonyl (C=O) groups is 1. The Balaban J connectivity index is 2.00. The number of hydrogen-bond acceptors (Lipinski definition) is 3. The third-order valence-corrected chi connectivity index (χ3v) is 3.51. The van der Waals surface area contributed by atoms with Crippen molar-refractivity contribution < 1.29 is 14.3 Å². The highest BCUT2D eigenvalue weighted by molar-refractivity contribution is 5.84. The summed E-state index contributed by atoms with van der Waals surface area (Å²) in [6.45, 7) is 2.24. The minimum Gasteiger partial charge on any atom is -0.475 e. The maximum atomic E-state index is 10.7. The monoisotopic (exact) mass is 237 g/mol. The van der Waals surface area contributed by atoms with Crippen molar-refractivity contribution in [2.24, 2.45) is 5.92 Å². The zero-order valence-electron chi connectivity index (χ0n) is 10.1. The van der Waals surface area contributed by atoms with Crippen LogP contribution in [0.25, 0.3) is 0 Å². The first-order valence-electron chi connectivity index (χ1n) is 6.26. The van der Waals surface area contributed by atoms with Crippen molar-refractivity contribution >= 4 is 11.9 Å². The van der Waals surface area contributed by atoms with Crippen molar-refractivity contribution in [2.75, 3.05) is 5.32 Å². The summed E-state index contributed by atoms with van der Waals surface area (Å²) in [6, 6.07) is 3.58. The Morgan fingerprint density at radius 2 is 2.12 bits per heavy atom. The predicted molar refractivity (Wildman–Crippen MR) is 65.3 cm³/mol. The molecule has 2 atom stereocenters. The van der Waals surface area contributed by atoms with Gasteiger partial charge in [0.2, 0.25) is 5.76 Å². The first-order valence-corrected chi connectivity index (χ1v) is 6.26. The molecule has 0 aromatic carbocycles. The van der Waals surface area contributed by atoms with Crippen LogP contribution in [0.5, 0.6) is 0 Å². The topological polar surface area (TPSA) is 62.5 Å². The number of nitrogens with one attached hydrogen (secondary N) is 1. The van der Waals surface area contributed by atoms with E-state index < -0.39 is 5.97 Å². The Morgan fingerprint density at radius 3 is 2.82 bits per heavy atom. The zero-order valence-corrected chi connectivity index (χ0v) is 10.1. The molecule has 0 bridgehead atoms. The summed E-state index contributed by atoms with van der Waals surface area (Å²) in [6.07, 6.45) is 6.17. The smallest absolute Gasteiger partial charge is 0.371 e. The fourth-order valence-electron chi connectivity index (χ4n) is 2.42. The SMILES string of the molecule is CC1CCCCCC1Nc1ccc(C(=O)O)o1. The Labute approximate surface area is 101 Å². The summed E-state index contributed by atoms with van der Waals surface area (Å²) in [7, 11) is 0. The van der Waals surface area contributed by atoms with Crippen LogP contribution in [-0.4, -0.2) is 17.1 Å². The van der Waals surface area contributed by atoms with E-state index in [1.165, 1.54) is 31.7 Å². The van der Waals surface area contributed by atoms with Crippen LogP contribution in [0, 0.1) is 5.92 Å². The molecule has 4 nitrogen and oxygen atoms in total. The van der Waals surface area contributed by atoms with Gasteiger partial charge in [-0.15, -0.1) is 0 Å². The Kier molecular flexibility index (Phi) is 3.71. The van der Waals surface area contributed by atoms with Crippen molar-refractivity contribution in [3.8, 4) is 0 Å². The van der Waals surface area contributed by atoms with Gasteiger partial charge in [-0.05, 0) is 24.8 Å². The lowest BCUT2D eigenvalue weighted by Crippen LogP contribution is -2.25. The number of carboxylic acids is 1. The van der Waals surface area contributed by atoms with Crippen molar-refractivity contribution in [1.82, 2.24) is 0 Å². The number of aromatic carboxylic acids is 1. The first kappa shape index (κ1) is 12.0. The molecule has 0 spiro atoms. The molecule has 0 amide bonds. The summed E-state index contributed by atoms with van der Waals surface area (Å²) in [5.74, 6) is 0.151. The zero-order chi connectivity index (χ0) is 12.3. The first-order chi connectivity index (χ1) is 8.16. The number of carboxylic acid groups (broad SMARTS) is 1. The molecular weight excluding hydrogens is 218 g/mol. The average molecular weight is 237 g/mol. The van der Waals surface area contributed by atoms with Gasteiger partial charge in [0.1, 0.15) is 0 Å². The van der Waals surface area contributed by atoms with Gasteiger partial charge in [-0.1, -0.05) is 26.2 Å². The van der Waals surface area contributed by atoms with Crippen LogP contribution < -0.4 is 5.32 Å². The van der Waals surface area contributed by atoms with E-state index in [2.05, 4.69) is 12.2 Å². The van der Waals surface area contributed by atoms with Crippen LogP contribution in [0.1, 0.15) is 49.6 Å². The second-order valence-corrected chi connectivity index (χ2v) is 4.84. The van der Waals surface area contributed by atoms with E-state index in [4.69, 9.17) is 9.52 Å². The third kappa shape index (κ3) is 3.02. The summed E-state index contributed by atoms with van der Waals surface area (Å²) >= 11 is 0. The van der Waals surface area contributed by atoms with Crippen molar-refractivity contribution in [3.05, 3.63) is 17.9 Å². The number of furan rings is 1. The van der Waals surface area contributed by atoms with Crippen molar-refractivity contribution in [1.29, 1.82) is 0 Å². The van der Waals surface area contributed by atoms with E-state index in [0.29, 0.717) is 17.8 Å². The molecule has 1 aromatic rings. The third-order valence-electron chi connectivity index (χ3n) is 3.51. The molecule has 17 heavy (non-hydrogen) atoms. The molecule has 94 valence electrons. The highest BCUT2D eigenvalue weighted by Crippen LogP contribution is 2.26. The van der Waals surface area contributed by atoms with Gasteiger partial charge in [0.15, 0.2) is 5.88 Å². The summed E-state index contributed by atoms with van der Waals surface area (Å²) in [5.41, 5.74) is 0. The molecule has 1 saturated carbocycles. The lowest BCUT2D eigenvalue weighted by molar-refractivity contribution is 0.0663. The molecule has 1 aliphatic carbocycles. The van der Waals surface area contributed by atoms with Crippen LogP contribution in [0.3, 0.4) is 0 Å². The van der Waals surface area contributed by atoms with Crippen LogP contribution >= 0.6 is 0 Å². The van der Waals surface area contributed by atoms with E-state index in [1.807, 2.05) is 0 Å². The van der Waals surface area contributed by atoms with Crippen LogP contribution in [0.4, 0.5) is 5.88 Å². The van der Waals surface area contributed by atoms with E-state index >= 15 is 0 Å². The Morgan fingerprint density at radius 1 is 1.35 bits per heavy atom. The van der Waals surface area contributed by atoms with Gasteiger partial charge >= 0.3 is 5.97 Å². The van der Waals surface area contributed by atoms with Gasteiger partial charge in [-0.25, -0.2) is 4.79 Å². The second kappa shape index (κ2) is 5.25. The van der Waals surface area contributed by atoms with E-state index in [9.17, 15) is 4.79 Å². The van der Waals surface area contributed by atoms with Crippen LogP contribution in [0.15, 0.2) is 16.5 Å². The maximum Gasteiger partial charge on any atom is 0.371 e. The van der Waals surface area contributed by atoms with E-state index in [1.54, 1.807) is 6.07 Å². The minimum absolute atomic E-state index is 0.00576. The fraction of sp³-hybridized carbons (Fsp3) is 0.615. The lowest BCUT2D eigenvalue weighted by atomic mass is 9.97. The minimum atomic E-state index is -1.02. The highest BCUT2D eigenvalue weighted by atomic mass is 16.4. The summed E-state index contributed by atoms with van der Waals surface area (Å²) in [4.78, 5) is 10.7. The molecule has 2 N–H and O–H groups in total. The van der Waals surface area contributed by atoms with Crippen LogP contribution in [-0.2, 0) is 0 Å². The lowest BCUT2D eigenvalue weighted by Gasteiger charge is -2.22. The van der Waals surface area contributed by atoms with Gasteiger partial charge in [-0.2, -0.15) is 0 Å². The normalized spacial score (nSPS) is 25.2. The highest BCUT2D eigenvalue weighted by Gasteiger charge is 2.21. The molecule has 2 unspecified atom stereocenters. The molecule has 0 aliphatic heterocycles. The van der Waals surface area contributed by atoms with Crippen molar-refractivity contribution in [2.45, 2.75) is 45.1 Å².